The highest BCUT2D eigenvalue weighted by Gasteiger charge is 2.70. The van der Waals surface area contributed by atoms with E-state index in [9.17, 15) is 14.4 Å². The Kier molecular flexibility index (Phi) is 9.58. The molecule has 5 saturated carbocycles. The van der Waals surface area contributed by atoms with E-state index in [2.05, 4.69) is 58.8 Å². The predicted octanol–water partition coefficient (Wildman–Crippen LogP) is 8.32. The molecule has 0 saturated heterocycles. The van der Waals surface area contributed by atoms with Crippen LogP contribution in [0.5, 0.6) is 0 Å². The monoisotopic (exact) mass is 673 g/mol. The van der Waals surface area contributed by atoms with Crippen molar-refractivity contribution >= 4 is 17.9 Å². The van der Waals surface area contributed by atoms with Gasteiger partial charge in [0, 0.05) is 24.9 Å². The Labute approximate surface area is 295 Å². The average Bonchev–Trinajstić information content (AvgIpc) is 3.41. The number of fused-ring (bicyclic) bond motifs is 7. The molecule has 3 amide bonds. The van der Waals surface area contributed by atoms with Crippen molar-refractivity contribution in [2.45, 2.75) is 131 Å². The Hall–Kier alpha value is -2.83. The summed E-state index contributed by atoms with van der Waals surface area (Å²) in [6.07, 6.45) is 11.8. The summed E-state index contributed by atoms with van der Waals surface area (Å²) in [7, 11) is 0. The van der Waals surface area contributed by atoms with Crippen molar-refractivity contribution < 1.29 is 19.1 Å². The van der Waals surface area contributed by atoms with Gasteiger partial charge in [-0.25, -0.2) is 4.79 Å². The van der Waals surface area contributed by atoms with Gasteiger partial charge in [0.15, 0.2) is 0 Å². The number of nitrogens with one attached hydrogen (secondary N) is 2. The van der Waals surface area contributed by atoms with Crippen LogP contribution in [0.15, 0.2) is 42.5 Å². The molecule has 5 aliphatic rings. The topological polar surface area (TPSA) is 111 Å². The largest absolute Gasteiger partial charge is 0.462 e. The van der Waals surface area contributed by atoms with Crippen LogP contribution in [0.1, 0.15) is 124 Å². The van der Waals surface area contributed by atoms with E-state index < -0.39 is 5.91 Å². The van der Waals surface area contributed by atoms with Crippen LogP contribution >= 0.6 is 0 Å². The lowest BCUT2D eigenvalue weighted by atomic mass is 9.32. The molecule has 10 atom stereocenters. The van der Waals surface area contributed by atoms with Gasteiger partial charge in [-0.15, -0.1) is 0 Å². The van der Waals surface area contributed by atoms with Crippen molar-refractivity contribution in [3.05, 3.63) is 48.0 Å². The maximum absolute atomic E-state index is 12.8. The van der Waals surface area contributed by atoms with E-state index in [1.807, 2.05) is 30.3 Å². The van der Waals surface area contributed by atoms with Gasteiger partial charge < -0.3 is 21.1 Å². The first-order valence-corrected chi connectivity index (χ1v) is 19.3. The zero-order valence-electron chi connectivity index (χ0n) is 31.2. The molecule has 6 rings (SSSR count). The molecular weight excluding hydrogens is 610 g/mol. The number of amides is 3. The summed E-state index contributed by atoms with van der Waals surface area (Å²) in [6.45, 7) is 20.8. The van der Waals surface area contributed by atoms with Crippen molar-refractivity contribution in [2.75, 3.05) is 6.54 Å². The first-order valence-electron chi connectivity index (χ1n) is 19.3. The second kappa shape index (κ2) is 13.1. The van der Waals surface area contributed by atoms with Gasteiger partial charge in [-0.3, -0.25) is 9.59 Å². The summed E-state index contributed by atoms with van der Waals surface area (Å²) in [4.78, 5) is 36.8. The fourth-order valence-electron chi connectivity index (χ4n) is 13.2. The van der Waals surface area contributed by atoms with Crippen molar-refractivity contribution in [1.82, 2.24) is 10.6 Å². The molecule has 0 unspecified atom stereocenters. The van der Waals surface area contributed by atoms with E-state index in [0.29, 0.717) is 48.1 Å². The maximum atomic E-state index is 12.8. The van der Waals surface area contributed by atoms with E-state index in [1.165, 1.54) is 50.5 Å². The molecule has 0 bridgehead atoms. The Morgan fingerprint density at radius 1 is 0.816 bits per heavy atom. The fourth-order valence-corrected chi connectivity index (χ4v) is 13.2. The Morgan fingerprint density at radius 3 is 2.27 bits per heavy atom. The standard InChI is InChI=1S/C42H63N3O4/c1-27(25-44-37(48)45-26-28-11-9-8-10-12-28)29-17-20-39(4)23-24-41(6)30(36(29)39)13-14-32-40(5)21-19-33(49-35(47)16-15-34(43)46)38(2,3)31(40)18-22-42(32,41)7/h8-12,29-33,36H,1,13-26H2,2-7H3,(H2,43,46)(H2,44,45,48)/t29-,30+,31-,32+,33-,36+,39+,40-,41+,42+/m0/s1. The van der Waals surface area contributed by atoms with E-state index in [1.54, 1.807) is 0 Å². The number of urea groups is 1. The summed E-state index contributed by atoms with van der Waals surface area (Å²) in [5.74, 6) is 2.05. The lowest BCUT2D eigenvalue weighted by molar-refractivity contribution is -0.249. The molecule has 0 aromatic heterocycles. The molecule has 49 heavy (non-hydrogen) atoms. The minimum atomic E-state index is -0.460. The molecule has 1 aromatic rings. The number of nitrogens with two attached hydrogens (primary N) is 1. The quantitative estimate of drug-likeness (QED) is 0.181. The molecular formula is C42H63N3O4. The van der Waals surface area contributed by atoms with Crippen LogP contribution < -0.4 is 16.4 Å². The average molecular weight is 674 g/mol. The number of carbonyl (C=O) groups excluding carboxylic acids is 3. The number of hydrogen-bond donors (Lipinski definition) is 3. The normalized spacial score (nSPS) is 40.4. The second-order valence-electron chi connectivity index (χ2n) is 18.5. The van der Waals surface area contributed by atoms with Gasteiger partial charge >= 0.3 is 12.0 Å². The lowest BCUT2D eigenvalue weighted by Gasteiger charge is -2.73. The number of esters is 1. The number of carbonyl (C=O) groups is 3. The van der Waals surface area contributed by atoms with E-state index in [0.717, 1.165) is 24.8 Å². The Balaban J connectivity index is 1.16. The second-order valence-corrected chi connectivity index (χ2v) is 18.5. The van der Waals surface area contributed by atoms with Crippen LogP contribution in [0.25, 0.3) is 0 Å². The zero-order chi connectivity index (χ0) is 35.4. The number of ether oxygens (including phenoxy) is 1. The molecule has 0 radical (unpaired) electrons. The third-order valence-electron chi connectivity index (χ3n) is 15.9. The highest BCUT2D eigenvalue weighted by molar-refractivity contribution is 5.80. The minimum absolute atomic E-state index is 0.0438. The highest BCUT2D eigenvalue weighted by Crippen LogP contribution is 2.77. The first kappa shape index (κ1) is 36.0. The zero-order valence-corrected chi connectivity index (χ0v) is 31.2. The molecule has 4 N–H and O–H groups in total. The fraction of sp³-hybridized carbons (Fsp3) is 0.738. The SMILES string of the molecule is C=C(CNC(=O)NCc1ccccc1)[C@@H]1CC[C@]2(C)CC[C@]3(C)[C@H](CC[C@@H]4[C@@]5(C)CC[C@H](OC(=O)CCC(N)=O)C(C)(C)[C@@H]5CC[C@]43C)[C@@H]12. The summed E-state index contributed by atoms with van der Waals surface area (Å²) < 4.78 is 6.09. The van der Waals surface area contributed by atoms with Crippen molar-refractivity contribution in [2.24, 2.45) is 62.4 Å². The van der Waals surface area contributed by atoms with Crippen LogP contribution in [0.2, 0.25) is 0 Å². The molecule has 7 heteroatoms. The van der Waals surface area contributed by atoms with Gasteiger partial charge in [0.1, 0.15) is 6.10 Å². The molecule has 5 aliphatic carbocycles. The highest BCUT2D eigenvalue weighted by atomic mass is 16.5. The number of benzene rings is 1. The van der Waals surface area contributed by atoms with E-state index >= 15 is 0 Å². The van der Waals surface area contributed by atoms with Gasteiger partial charge in [0.25, 0.3) is 0 Å². The van der Waals surface area contributed by atoms with Crippen LogP contribution in [0.3, 0.4) is 0 Å². The minimum Gasteiger partial charge on any atom is -0.462 e. The van der Waals surface area contributed by atoms with Gasteiger partial charge in [-0.2, -0.15) is 0 Å². The molecule has 0 heterocycles. The van der Waals surface area contributed by atoms with E-state index in [-0.39, 0.29) is 52.6 Å². The Bertz CT molecular complexity index is 1440. The predicted molar refractivity (Wildman–Crippen MR) is 194 cm³/mol. The van der Waals surface area contributed by atoms with Crippen molar-refractivity contribution in [3.8, 4) is 0 Å². The summed E-state index contributed by atoms with van der Waals surface area (Å²) in [5.41, 5.74) is 8.48. The molecule has 5 fully saturated rings. The summed E-state index contributed by atoms with van der Waals surface area (Å²) in [6, 6.07) is 9.90. The van der Waals surface area contributed by atoms with Gasteiger partial charge in [-0.1, -0.05) is 84.0 Å². The van der Waals surface area contributed by atoms with Crippen molar-refractivity contribution in [1.29, 1.82) is 0 Å². The van der Waals surface area contributed by atoms with Gasteiger partial charge in [0.05, 0.1) is 6.42 Å². The smallest absolute Gasteiger partial charge is 0.315 e. The van der Waals surface area contributed by atoms with Gasteiger partial charge in [0.2, 0.25) is 5.91 Å². The van der Waals surface area contributed by atoms with Crippen LogP contribution in [0.4, 0.5) is 4.79 Å². The van der Waals surface area contributed by atoms with Gasteiger partial charge in [-0.05, 0) is 121 Å². The molecule has 0 aliphatic heterocycles. The summed E-state index contributed by atoms with van der Waals surface area (Å²) in [5, 5.41) is 6.16. The van der Waals surface area contributed by atoms with Crippen LogP contribution in [0, 0.1) is 56.7 Å². The Morgan fingerprint density at radius 2 is 1.55 bits per heavy atom. The van der Waals surface area contributed by atoms with E-state index in [4.69, 9.17) is 10.5 Å². The first-order chi connectivity index (χ1) is 23.0. The molecule has 270 valence electrons. The lowest BCUT2D eigenvalue weighted by Crippen LogP contribution is -2.66. The molecule has 7 nitrogen and oxygen atoms in total. The number of primary amides is 1. The van der Waals surface area contributed by atoms with Crippen LogP contribution in [-0.2, 0) is 20.9 Å². The summed E-state index contributed by atoms with van der Waals surface area (Å²) >= 11 is 0. The number of rotatable bonds is 9. The third-order valence-corrected chi connectivity index (χ3v) is 15.9. The third kappa shape index (κ3) is 6.13. The number of hydrogen-bond acceptors (Lipinski definition) is 4. The molecule has 1 aromatic carbocycles. The maximum Gasteiger partial charge on any atom is 0.315 e. The van der Waals surface area contributed by atoms with Crippen molar-refractivity contribution in [3.63, 3.8) is 0 Å². The van der Waals surface area contributed by atoms with Crippen LogP contribution in [-0.4, -0.2) is 30.6 Å². The molecule has 0 spiro atoms.